The van der Waals surface area contributed by atoms with Crippen LogP contribution in [0, 0.1) is 0 Å². The summed E-state index contributed by atoms with van der Waals surface area (Å²) >= 11 is 0. The van der Waals surface area contributed by atoms with E-state index in [2.05, 4.69) is 241 Å². The number of benzene rings is 11. The first-order chi connectivity index (χ1) is 30.8. The maximum Gasteiger partial charge on any atom is 0.145 e. The lowest BCUT2D eigenvalue weighted by Crippen LogP contribution is -2.12. The molecule has 2 nitrogen and oxygen atoms in total. The van der Waals surface area contributed by atoms with Crippen LogP contribution in [0.4, 0.5) is 17.1 Å². The van der Waals surface area contributed by atoms with Gasteiger partial charge in [0.25, 0.3) is 0 Å². The molecule has 12 aromatic rings. The molecule has 1 heterocycles. The molecule has 0 fully saturated rings. The summed E-state index contributed by atoms with van der Waals surface area (Å²) in [6, 6.07) is 85.5. The molecule has 0 spiro atoms. The lowest BCUT2D eigenvalue weighted by atomic mass is 9.91. The molecule has 0 radical (unpaired) electrons. The second-order valence-electron chi connectivity index (χ2n) is 16.0. The first kappa shape index (κ1) is 35.7. The first-order valence-electron chi connectivity index (χ1n) is 21.3. The van der Waals surface area contributed by atoms with E-state index >= 15 is 0 Å². The van der Waals surface area contributed by atoms with Gasteiger partial charge in [-0.05, 0) is 114 Å². The van der Waals surface area contributed by atoms with Gasteiger partial charge in [0.05, 0.1) is 16.8 Å². The highest BCUT2D eigenvalue weighted by Crippen LogP contribution is 2.50. The van der Waals surface area contributed by atoms with Crippen molar-refractivity contribution in [2.75, 3.05) is 4.90 Å². The molecule has 0 unspecified atom stereocenters. The quantitative estimate of drug-likeness (QED) is 0.150. The molecule has 0 saturated carbocycles. The van der Waals surface area contributed by atoms with Crippen molar-refractivity contribution in [3.8, 4) is 44.5 Å². The zero-order chi connectivity index (χ0) is 41.0. The number of rotatable bonds is 7. The molecule has 0 bridgehead atoms. The summed E-state index contributed by atoms with van der Waals surface area (Å²) in [4.78, 5) is 2.45. The summed E-state index contributed by atoms with van der Waals surface area (Å²) in [5.41, 5.74) is 14.1. The van der Waals surface area contributed by atoms with Crippen molar-refractivity contribution in [2.45, 2.75) is 0 Å². The Bertz CT molecular complexity index is 3650. The molecule has 0 atom stereocenters. The van der Waals surface area contributed by atoms with Crippen molar-refractivity contribution in [1.29, 1.82) is 0 Å². The van der Waals surface area contributed by atoms with Crippen molar-refractivity contribution in [3.63, 3.8) is 0 Å². The van der Waals surface area contributed by atoms with Crippen LogP contribution >= 0.6 is 0 Å². The smallest absolute Gasteiger partial charge is 0.145 e. The summed E-state index contributed by atoms with van der Waals surface area (Å²) in [5.74, 6) is 0. The largest absolute Gasteiger partial charge is 0.455 e. The Morgan fingerprint density at radius 3 is 1.77 bits per heavy atom. The van der Waals surface area contributed by atoms with Gasteiger partial charge in [-0.25, -0.2) is 0 Å². The molecule has 1 aromatic heterocycles. The third-order valence-electron chi connectivity index (χ3n) is 12.4. The van der Waals surface area contributed by atoms with Gasteiger partial charge in [0.1, 0.15) is 11.2 Å². The fraction of sp³-hybridized carbons (Fsp3) is 0. The van der Waals surface area contributed by atoms with Gasteiger partial charge in [0.2, 0.25) is 0 Å². The Labute approximate surface area is 360 Å². The first-order valence-corrected chi connectivity index (χ1v) is 21.3. The zero-order valence-electron chi connectivity index (χ0n) is 33.9. The Hall–Kier alpha value is -8.20. The van der Waals surface area contributed by atoms with Crippen LogP contribution in [0.25, 0.3) is 98.8 Å². The summed E-state index contributed by atoms with van der Waals surface area (Å²) in [6.45, 7) is 0. The molecule has 2 heteroatoms. The van der Waals surface area contributed by atoms with Crippen molar-refractivity contribution in [2.24, 2.45) is 0 Å². The maximum atomic E-state index is 7.06. The van der Waals surface area contributed by atoms with E-state index in [0.717, 1.165) is 66.8 Å². The Kier molecular flexibility index (Phi) is 8.53. The highest BCUT2D eigenvalue weighted by atomic mass is 16.3. The van der Waals surface area contributed by atoms with Crippen LogP contribution in [0.1, 0.15) is 0 Å². The third-order valence-corrected chi connectivity index (χ3v) is 12.4. The van der Waals surface area contributed by atoms with Crippen LogP contribution in [0.2, 0.25) is 0 Å². The number of furan rings is 1. The molecule has 0 amide bonds. The van der Waals surface area contributed by atoms with Crippen molar-refractivity contribution in [3.05, 3.63) is 237 Å². The van der Waals surface area contributed by atoms with Gasteiger partial charge in [-0.1, -0.05) is 188 Å². The van der Waals surface area contributed by atoms with Gasteiger partial charge in [0.15, 0.2) is 0 Å². The molecule has 11 aromatic carbocycles. The predicted molar refractivity (Wildman–Crippen MR) is 263 cm³/mol. The minimum Gasteiger partial charge on any atom is -0.455 e. The fourth-order valence-electron chi connectivity index (χ4n) is 9.57. The van der Waals surface area contributed by atoms with E-state index in [-0.39, 0.29) is 0 Å². The molecule has 0 aliphatic rings. The van der Waals surface area contributed by atoms with Gasteiger partial charge in [-0.2, -0.15) is 0 Å². The minimum atomic E-state index is 0.855. The molecule has 62 heavy (non-hydrogen) atoms. The second kappa shape index (κ2) is 14.8. The monoisotopic (exact) mass is 789 g/mol. The highest BCUT2D eigenvalue weighted by Gasteiger charge is 2.25. The third kappa shape index (κ3) is 5.96. The second-order valence-corrected chi connectivity index (χ2v) is 16.0. The van der Waals surface area contributed by atoms with E-state index < -0.39 is 0 Å². The molecular weight excluding hydrogens is 751 g/mol. The van der Waals surface area contributed by atoms with E-state index in [1.165, 1.54) is 49.0 Å². The summed E-state index contributed by atoms with van der Waals surface area (Å²) in [7, 11) is 0. The normalized spacial score (nSPS) is 11.5. The van der Waals surface area contributed by atoms with Crippen molar-refractivity contribution >= 4 is 71.3 Å². The van der Waals surface area contributed by atoms with E-state index in [0.29, 0.717) is 0 Å². The van der Waals surface area contributed by atoms with Crippen molar-refractivity contribution < 1.29 is 4.42 Å². The number of hydrogen-bond acceptors (Lipinski definition) is 2. The van der Waals surface area contributed by atoms with E-state index in [4.69, 9.17) is 4.42 Å². The maximum absolute atomic E-state index is 7.06. The summed E-state index contributed by atoms with van der Waals surface area (Å²) in [6.07, 6.45) is 0. The fourth-order valence-corrected chi connectivity index (χ4v) is 9.57. The lowest BCUT2D eigenvalue weighted by molar-refractivity contribution is 0.670. The van der Waals surface area contributed by atoms with Gasteiger partial charge < -0.3 is 9.32 Å². The average molecular weight is 790 g/mol. The van der Waals surface area contributed by atoms with Crippen LogP contribution in [-0.4, -0.2) is 0 Å². The SMILES string of the molecule is c1ccc(-c2ccccc2-c2ccccc2N(c2cccc(-c3ccc4ccccc4c3)c2)c2ccc(-c3cc4ccccc4c4ccccc34)c3oc4ccccc4c23)cc1. The molecule has 0 aliphatic carbocycles. The molecule has 0 aliphatic heterocycles. The van der Waals surface area contributed by atoms with Gasteiger partial charge in [0, 0.05) is 22.2 Å². The lowest BCUT2D eigenvalue weighted by Gasteiger charge is -2.30. The summed E-state index contributed by atoms with van der Waals surface area (Å²) in [5, 5.41) is 9.46. The van der Waals surface area contributed by atoms with Gasteiger partial charge in [-0.3, -0.25) is 0 Å². The minimum absolute atomic E-state index is 0.855. The van der Waals surface area contributed by atoms with Crippen molar-refractivity contribution in [1.82, 2.24) is 0 Å². The number of anilines is 3. The van der Waals surface area contributed by atoms with Crippen LogP contribution in [0.5, 0.6) is 0 Å². The Balaban J connectivity index is 1.15. The molecular formula is C60H39NO. The molecule has 0 saturated heterocycles. The number of fused-ring (bicyclic) bond motifs is 7. The summed E-state index contributed by atoms with van der Waals surface area (Å²) < 4.78 is 7.06. The van der Waals surface area contributed by atoms with Crippen LogP contribution in [0.3, 0.4) is 0 Å². The topological polar surface area (TPSA) is 16.4 Å². The Morgan fingerprint density at radius 2 is 0.919 bits per heavy atom. The van der Waals surface area contributed by atoms with E-state index in [1.807, 2.05) is 0 Å². The number of para-hydroxylation sites is 2. The standard InChI is InChI=1S/C60H39NO/c1-2-18-41(19-3-1)47-24-8-9-27-50(47)52-29-12-14-31-56(52)61(46-23-16-22-43(38-46)44-34-33-40-17-4-5-20-42(40)37-44)57-36-35-53(60-59(57)54-30-13-15-32-58(54)62-60)55-39-45-21-6-7-25-48(45)49-26-10-11-28-51(49)55/h1-39H. The molecule has 290 valence electrons. The van der Waals surface area contributed by atoms with E-state index in [9.17, 15) is 0 Å². The average Bonchev–Trinajstić information content (AvgIpc) is 3.74. The van der Waals surface area contributed by atoms with Gasteiger partial charge in [-0.15, -0.1) is 0 Å². The van der Waals surface area contributed by atoms with Crippen LogP contribution in [-0.2, 0) is 0 Å². The van der Waals surface area contributed by atoms with Crippen LogP contribution < -0.4 is 4.90 Å². The van der Waals surface area contributed by atoms with Crippen LogP contribution in [0.15, 0.2) is 241 Å². The number of nitrogens with zero attached hydrogens (tertiary/aromatic N) is 1. The van der Waals surface area contributed by atoms with Gasteiger partial charge >= 0.3 is 0 Å². The number of hydrogen-bond donors (Lipinski definition) is 0. The predicted octanol–water partition coefficient (Wildman–Crippen LogP) is 17.2. The molecule has 12 rings (SSSR count). The highest BCUT2D eigenvalue weighted by molar-refractivity contribution is 6.21. The zero-order valence-corrected chi connectivity index (χ0v) is 33.9. The van der Waals surface area contributed by atoms with E-state index in [1.54, 1.807) is 0 Å². The Morgan fingerprint density at radius 1 is 0.290 bits per heavy atom. The molecule has 0 N–H and O–H groups in total.